The minimum absolute atomic E-state index is 0.181. The van der Waals surface area contributed by atoms with E-state index in [1.165, 1.54) is 0 Å². The maximum atomic E-state index is 12.4. The van der Waals surface area contributed by atoms with Crippen molar-refractivity contribution >= 4 is 18.6 Å². The molecular weight excluding hydrogens is 327 g/mol. The molecule has 1 heterocycles. The Bertz CT molecular complexity index is 638. The summed E-state index contributed by atoms with van der Waals surface area (Å²) in [5, 5.41) is 0. The van der Waals surface area contributed by atoms with Gasteiger partial charge in [0, 0.05) is 0 Å². The Labute approximate surface area is 158 Å². The second kappa shape index (κ2) is 6.68. The van der Waals surface area contributed by atoms with Crippen molar-refractivity contribution in [1.29, 1.82) is 0 Å². The normalized spacial score (nSPS) is 19.5. The second-order valence-corrected chi connectivity index (χ2v) is 9.89. The highest BCUT2D eigenvalue weighted by Crippen LogP contribution is 2.36. The van der Waals surface area contributed by atoms with Gasteiger partial charge in [-0.1, -0.05) is 24.3 Å². The van der Waals surface area contributed by atoms with Gasteiger partial charge in [-0.3, -0.25) is 4.79 Å². The second-order valence-electron chi connectivity index (χ2n) is 9.89. The molecule has 144 valence electrons. The van der Waals surface area contributed by atoms with Crippen molar-refractivity contribution in [2.75, 3.05) is 0 Å². The molecule has 1 aromatic rings. The van der Waals surface area contributed by atoms with E-state index in [2.05, 4.69) is 0 Å². The maximum absolute atomic E-state index is 12.4. The van der Waals surface area contributed by atoms with Crippen LogP contribution in [0.5, 0.6) is 0 Å². The Morgan fingerprint density at radius 1 is 0.962 bits per heavy atom. The topological polar surface area (TPSA) is 44.8 Å². The summed E-state index contributed by atoms with van der Waals surface area (Å²) in [6.45, 7) is 17.7. The molecule has 0 unspecified atom stereocenters. The maximum Gasteiger partial charge on any atom is 0.494 e. The fourth-order valence-corrected chi connectivity index (χ4v) is 2.77. The standard InChI is InChI=1S/C21H33BO4/c1-18(2,3)24-17(23)19(4,5)14-15-10-12-16(13-11-15)22-25-20(6,7)21(8,9)26-22/h10-13H,14H2,1-9H3. The van der Waals surface area contributed by atoms with Gasteiger partial charge in [0.2, 0.25) is 0 Å². The van der Waals surface area contributed by atoms with Crippen LogP contribution in [0, 0.1) is 5.41 Å². The zero-order chi connectivity index (χ0) is 20.0. The van der Waals surface area contributed by atoms with E-state index in [0.29, 0.717) is 6.42 Å². The van der Waals surface area contributed by atoms with Crippen molar-refractivity contribution < 1.29 is 18.8 Å². The third-order valence-corrected chi connectivity index (χ3v) is 5.10. The van der Waals surface area contributed by atoms with Gasteiger partial charge in [0.25, 0.3) is 0 Å². The van der Waals surface area contributed by atoms with E-state index in [4.69, 9.17) is 14.0 Å². The Kier molecular flexibility index (Phi) is 5.39. The highest BCUT2D eigenvalue weighted by atomic mass is 16.7. The first-order chi connectivity index (χ1) is 11.6. The summed E-state index contributed by atoms with van der Waals surface area (Å²) in [6, 6.07) is 8.10. The van der Waals surface area contributed by atoms with E-state index in [9.17, 15) is 4.79 Å². The van der Waals surface area contributed by atoms with Gasteiger partial charge >= 0.3 is 13.1 Å². The van der Waals surface area contributed by atoms with Gasteiger partial charge in [-0.05, 0) is 79.8 Å². The molecule has 0 atom stereocenters. The van der Waals surface area contributed by atoms with Gasteiger partial charge in [0.15, 0.2) is 0 Å². The molecule has 1 saturated heterocycles. The molecular formula is C21H33BO4. The minimum atomic E-state index is -0.584. The fourth-order valence-electron chi connectivity index (χ4n) is 2.77. The molecule has 1 fully saturated rings. The highest BCUT2D eigenvalue weighted by Gasteiger charge is 2.51. The van der Waals surface area contributed by atoms with Crippen LogP contribution in [0.25, 0.3) is 0 Å². The Morgan fingerprint density at radius 2 is 1.42 bits per heavy atom. The van der Waals surface area contributed by atoms with Crippen LogP contribution in [-0.2, 0) is 25.3 Å². The van der Waals surface area contributed by atoms with Crippen LogP contribution in [0.15, 0.2) is 24.3 Å². The van der Waals surface area contributed by atoms with Crippen LogP contribution >= 0.6 is 0 Å². The summed E-state index contributed by atoms with van der Waals surface area (Å²) < 4.78 is 17.7. The lowest BCUT2D eigenvalue weighted by molar-refractivity contribution is -0.165. The summed E-state index contributed by atoms with van der Waals surface area (Å²) in [5.41, 5.74) is 0.307. The van der Waals surface area contributed by atoms with Crippen LogP contribution in [-0.4, -0.2) is 29.9 Å². The van der Waals surface area contributed by atoms with E-state index in [1.54, 1.807) is 0 Å². The first-order valence-electron chi connectivity index (χ1n) is 9.31. The first kappa shape index (κ1) is 21.0. The van der Waals surface area contributed by atoms with Gasteiger partial charge in [-0.15, -0.1) is 0 Å². The number of carbonyl (C=O) groups excluding carboxylic acids is 1. The molecule has 0 aromatic heterocycles. The number of carbonyl (C=O) groups is 1. The largest absolute Gasteiger partial charge is 0.494 e. The van der Waals surface area contributed by atoms with Gasteiger partial charge in [0.1, 0.15) is 5.60 Å². The molecule has 0 aliphatic carbocycles. The summed E-state index contributed by atoms with van der Waals surface area (Å²) in [6.07, 6.45) is 0.617. The number of hydrogen-bond donors (Lipinski definition) is 0. The average Bonchev–Trinajstić information content (AvgIpc) is 2.66. The van der Waals surface area contributed by atoms with Crippen molar-refractivity contribution in [3.8, 4) is 0 Å². The summed E-state index contributed by atoms with van der Waals surface area (Å²) in [7, 11) is -0.368. The summed E-state index contributed by atoms with van der Waals surface area (Å²) >= 11 is 0. The highest BCUT2D eigenvalue weighted by molar-refractivity contribution is 6.62. The molecule has 1 aromatic carbocycles. The van der Waals surface area contributed by atoms with Crippen molar-refractivity contribution in [3.63, 3.8) is 0 Å². The molecule has 0 N–H and O–H groups in total. The molecule has 2 rings (SSSR count). The molecule has 0 spiro atoms. The number of rotatable bonds is 4. The van der Waals surface area contributed by atoms with E-state index in [-0.39, 0.29) is 24.3 Å². The Morgan fingerprint density at radius 3 is 1.85 bits per heavy atom. The molecule has 1 aliphatic heterocycles. The predicted molar refractivity (Wildman–Crippen MR) is 105 cm³/mol. The smallest absolute Gasteiger partial charge is 0.460 e. The van der Waals surface area contributed by atoms with Gasteiger partial charge in [-0.25, -0.2) is 0 Å². The molecule has 0 bridgehead atoms. The van der Waals surface area contributed by atoms with E-state index in [0.717, 1.165) is 11.0 Å². The summed E-state index contributed by atoms with van der Waals surface area (Å²) in [5.74, 6) is -0.181. The van der Waals surface area contributed by atoms with Crippen LogP contribution in [0.2, 0.25) is 0 Å². The first-order valence-corrected chi connectivity index (χ1v) is 9.31. The Hall–Kier alpha value is -1.33. The number of hydrogen-bond acceptors (Lipinski definition) is 4. The van der Waals surface area contributed by atoms with Crippen molar-refractivity contribution in [2.45, 2.75) is 85.5 Å². The molecule has 26 heavy (non-hydrogen) atoms. The third-order valence-electron chi connectivity index (χ3n) is 5.10. The summed E-state index contributed by atoms with van der Waals surface area (Å²) in [4.78, 5) is 12.4. The number of ether oxygens (including phenoxy) is 1. The zero-order valence-corrected chi connectivity index (χ0v) is 17.7. The van der Waals surface area contributed by atoms with Gasteiger partial charge in [0.05, 0.1) is 16.6 Å². The third kappa shape index (κ3) is 4.69. The molecule has 5 heteroatoms. The molecule has 0 amide bonds. The lowest BCUT2D eigenvalue weighted by atomic mass is 9.77. The van der Waals surface area contributed by atoms with Crippen LogP contribution in [0.1, 0.15) is 67.9 Å². The quantitative estimate of drug-likeness (QED) is 0.604. The minimum Gasteiger partial charge on any atom is -0.460 e. The lowest BCUT2D eigenvalue weighted by Crippen LogP contribution is -2.41. The van der Waals surface area contributed by atoms with Crippen molar-refractivity contribution in [1.82, 2.24) is 0 Å². The zero-order valence-electron chi connectivity index (χ0n) is 17.7. The van der Waals surface area contributed by atoms with Crippen molar-refractivity contribution in [3.05, 3.63) is 29.8 Å². The molecule has 0 radical (unpaired) electrons. The van der Waals surface area contributed by atoms with E-state index < -0.39 is 11.0 Å². The van der Waals surface area contributed by atoms with Crippen LogP contribution < -0.4 is 5.46 Å². The number of esters is 1. The average molecular weight is 360 g/mol. The molecule has 4 nitrogen and oxygen atoms in total. The van der Waals surface area contributed by atoms with Crippen LogP contribution in [0.3, 0.4) is 0 Å². The van der Waals surface area contributed by atoms with E-state index in [1.807, 2.05) is 86.6 Å². The Balaban J connectivity index is 2.07. The van der Waals surface area contributed by atoms with Gasteiger partial charge in [-0.2, -0.15) is 0 Å². The van der Waals surface area contributed by atoms with Gasteiger partial charge < -0.3 is 14.0 Å². The van der Waals surface area contributed by atoms with E-state index >= 15 is 0 Å². The van der Waals surface area contributed by atoms with Crippen LogP contribution in [0.4, 0.5) is 0 Å². The fraction of sp³-hybridized carbons (Fsp3) is 0.667. The monoisotopic (exact) mass is 360 g/mol. The lowest BCUT2D eigenvalue weighted by Gasteiger charge is -2.32. The molecule has 0 saturated carbocycles. The predicted octanol–water partition coefficient (Wildman–Crippen LogP) is 3.90. The van der Waals surface area contributed by atoms with Crippen molar-refractivity contribution in [2.24, 2.45) is 5.41 Å². The SMILES string of the molecule is CC(C)(C)OC(=O)C(C)(C)Cc1ccc(B2OC(C)(C)C(C)(C)O2)cc1. The number of benzene rings is 1. The molecule has 1 aliphatic rings.